The Hall–Kier alpha value is -1.55. The minimum absolute atomic E-state index is 0.0199. The molecule has 0 aliphatic heterocycles. The van der Waals surface area contributed by atoms with Gasteiger partial charge in [-0.1, -0.05) is 19.3 Å². The van der Waals surface area contributed by atoms with E-state index in [1.54, 1.807) is 7.11 Å². The van der Waals surface area contributed by atoms with Gasteiger partial charge in [-0.3, -0.25) is 4.79 Å². The molecular weight excluding hydrogens is 302 g/mol. The zero-order chi connectivity index (χ0) is 17.0. The average molecular weight is 331 g/mol. The van der Waals surface area contributed by atoms with E-state index in [0.717, 1.165) is 55.5 Å². The normalized spacial score (nSPS) is 20.8. The van der Waals surface area contributed by atoms with Gasteiger partial charge in [-0.2, -0.15) is 0 Å². The summed E-state index contributed by atoms with van der Waals surface area (Å²) in [6.45, 7) is 2.03. The zero-order valence-electron chi connectivity index (χ0n) is 14.9. The van der Waals surface area contributed by atoms with Crippen molar-refractivity contribution in [1.82, 2.24) is 0 Å². The van der Waals surface area contributed by atoms with Crippen molar-refractivity contribution in [3.63, 3.8) is 0 Å². The van der Waals surface area contributed by atoms with Crippen LogP contribution in [0.25, 0.3) is 0 Å². The smallest absolute Gasteiger partial charge is 0.256 e. The molecule has 2 aliphatic rings. The average Bonchev–Trinajstić information content (AvgIpc) is 3.11. The van der Waals surface area contributed by atoms with Crippen molar-refractivity contribution in [1.29, 1.82) is 0 Å². The largest absolute Gasteiger partial charge is 0.490 e. The lowest BCUT2D eigenvalue weighted by atomic mass is 9.84. The molecule has 1 N–H and O–H groups in total. The third-order valence-corrected chi connectivity index (χ3v) is 5.49. The molecule has 2 fully saturated rings. The number of hydrogen-bond donors (Lipinski definition) is 1. The number of hydrogen-bond acceptors (Lipinski definition) is 3. The summed E-state index contributed by atoms with van der Waals surface area (Å²) in [5.74, 6) is 0.910. The topological polar surface area (TPSA) is 47.6 Å². The Morgan fingerprint density at radius 1 is 1.12 bits per heavy atom. The minimum Gasteiger partial charge on any atom is -0.490 e. The maximum atomic E-state index is 12.7. The molecule has 0 aromatic heterocycles. The summed E-state index contributed by atoms with van der Waals surface area (Å²) in [4.78, 5) is 12.7. The Labute approximate surface area is 144 Å². The van der Waals surface area contributed by atoms with Gasteiger partial charge in [0.05, 0.1) is 6.10 Å². The molecule has 0 heterocycles. The van der Waals surface area contributed by atoms with Crippen molar-refractivity contribution in [3.05, 3.63) is 23.8 Å². The second-order valence-corrected chi connectivity index (χ2v) is 7.22. The summed E-state index contributed by atoms with van der Waals surface area (Å²) in [7, 11) is 1.65. The summed E-state index contributed by atoms with van der Waals surface area (Å²) in [5, 5.41) is 3.05. The predicted octanol–water partition coefficient (Wildman–Crippen LogP) is 4.60. The first-order chi connectivity index (χ1) is 11.6. The first kappa shape index (κ1) is 17.3. The Bertz CT molecular complexity index is 572. The van der Waals surface area contributed by atoms with Crippen LogP contribution in [0.2, 0.25) is 0 Å². The quantitative estimate of drug-likeness (QED) is 0.857. The minimum atomic E-state index is -0.662. The van der Waals surface area contributed by atoms with Crippen molar-refractivity contribution in [3.8, 4) is 5.75 Å². The van der Waals surface area contributed by atoms with Crippen LogP contribution in [0.5, 0.6) is 5.75 Å². The highest BCUT2D eigenvalue weighted by atomic mass is 16.5. The number of carbonyl (C=O) groups excluding carboxylic acids is 1. The van der Waals surface area contributed by atoms with Crippen LogP contribution in [-0.4, -0.2) is 24.7 Å². The van der Waals surface area contributed by atoms with Crippen molar-refractivity contribution in [2.45, 2.75) is 76.4 Å². The van der Waals surface area contributed by atoms with E-state index in [0.29, 0.717) is 6.10 Å². The number of carbonyl (C=O) groups is 1. The van der Waals surface area contributed by atoms with Crippen LogP contribution in [-0.2, 0) is 9.53 Å². The summed E-state index contributed by atoms with van der Waals surface area (Å²) in [6.07, 6.45) is 10.1. The van der Waals surface area contributed by atoms with E-state index in [2.05, 4.69) is 5.32 Å². The molecule has 0 unspecified atom stereocenters. The van der Waals surface area contributed by atoms with Crippen LogP contribution in [0, 0.1) is 6.92 Å². The molecule has 3 rings (SSSR count). The van der Waals surface area contributed by atoms with Crippen LogP contribution in [0.3, 0.4) is 0 Å². The van der Waals surface area contributed by atoms with E-state index in [1.807, 2.05) is 25.1 Å². The molecule has 132 valence electrons. The standard InChI is InChI=1S/C20H29NO3/c1-15-14-16(10-11-18(15)24-17-8-4-5-9-17)21-19(22)20(23-2)12-6-3-7-13-20/h10-11,14,17H,3-9,12-13H2,1-2H3,(H,21,22). The molecule has 1 aromatic carbocycles. The van der Waals surface area contributed by atoms with Gasteiger partial charge in [-0.05, 0) is 69.2 Å². The Kier molecular flexibility index (Phi) is 5.44. The molecule has 0 saturated heterocycles. The van der Waals surface area contributed by atoms with Crippen LogP contribution >= 0.6 is 0 Å². The number of nitrogens with one attached hydrogen (secondary N) is 1. The molecule has 1 amide bonds. The van der Waals surface area contributed by atoms with Gasteiger partial charge in [0.1, 0.15) is 11.4 Å². The number of benzene rings is 1. The van der Waals surface area contributed by atoms with E-state index < -0.39 is 5.60 Å². The van der Waals surface area contributed by atoms with Gasteiger partial charge >= 0.3 is 0 Å². The van der Waals surface area contributed by atoms with Gasteiger partial charge in [0.25, 0.3) is 5.91 Å². The van der Waals surface area contributed by atoms with Gasteiger partial charge in [0.2, 0.25) is 0 Å². The maximum absolute atomic E-state index is 12.7. The molecule has 4 nitrogen and oxygen atoms in total. The highest BCUT2D eigenvalue weighted by Gasteiger charge is 2.39. The summed E-state index contributed by atoms with van der Waals surface area (Å²) in [5.41, 5.74) is 1.22. The third-order valence-electron chi connectivity index (χ3n) is 5.49. The first-order valence-corrected chi connectivity index (χ1v) is 9.27. The van der Waals surface area contributed by atoms with Crippen molar-refractivity contribution in [2.75, 3.05) is 12.4 Å². The zero-order valence-corrected chi connectivity index (χ0v) is 14.9. The number of anilines is 1. The predicted molar refractivity (Wildman–Crippen MR) is 95.5 cm³/mol. The van der Waals surface area contributed by atoms with Crippen LogP contribution in [0.15, 0.2) is 18.2 Å². The number of amides is 1. The van der Waals surface area contributed by atoms with Crippen molar-refractivity contribution < 1.29 is 14.3 Å². The molecule has 0 radical (unpaired) electrons. The second-order valence-electron chi connectivity index (χ2n) is 7.22. The lowest BCUT2D eigenvalue weighted by Gasteiger charge is -2.34. The molecule has 1 aromatic rings. The van der Waals surface area contributed by atoms with Crippen LogP contribution in [0.1, 0.15) is 63.4 Å². The SMILES string of the molecule is COC1(C(=O)Nc2ccc(OC3CCCC3)c(C)c2)CCCCC1. The Balaban J connectivity index is 1.66. The van der Waals surface area contributed by atoms with Crippen LogP contribution < -0.4 is 10.1 Å². The monoisotopic (exact) mass is 331 g/mol. The van der Waals surface area contributed by atoms with Gasteiger partial charge in [0.15, 0.2) is 0 Å². The lowest BCUT2D eigenvalue weighted by Crippen LogP contribution is -2.46. The number of aryl methyl sites for hydroxylation is 1. The highest BCUT2D eigenvalue weighted by molar-refractivity contribution is 5.97. The molecule has 24 heavy (non-hydrogen) atoms. The summed E-state index contributed by atoms with van der Waals surface area (Å²) < 4.78 is 11.7. The summed E-state index contributed by atoms with van der Waals surface area (Å²) in [6, 6.07) is 5.90. The van der Waals surface area contributed by atoms with E-state index in [-0.39, 0.29) is 5.91 Å². The first-order valence-electron chi connectivity index (χ1n) is 9.27. The van der Waals surface area contributed by atoms with Gasteiger partial charge < -0.3 is 14.8 Å². The lowest BCUT2D eigenvalue weighted by molar-refractivity contribution is -0.141. The molecule has 0 atom stereocenters. The molecular formula is C20H29NO3. The van der Waals surface area contributed by atoms with Gasteiger partial charge in [0, 0.05) is 12.8 Å². The molecule has 0 bridgehead atoms. The van der Waals surface area contributed by atoms with E-state index in [1.165, 1.54) is 19.3 Å². The fourth-order valence-electron chi connectivity index (χ4n) is 3.94. The van der Waals surface area contributed by atoms with Gasteiger partial charge in [-0.15, -0.1) is 0 Å². The van der Waals surface area contributed by atoms with E-state index in [4.69, 9.17) is 9.47 Å². The number of rotatable bonds is 5. The van der Waals surface area contributed by atoms with E-state index in [9.17, 15) is 4.79 Å². The fraction of sp³-hybridized carbons (Fsp3) is 0.650. The maximum Gasteiger partial charge on any atom is 0.256 e. The van der Waals surface area contributed by atoms with Crippen LogP contribution in [0.4, 0.5) is 5.69 Å². The third kappa shape index (κ3) is 3.75. The number of ether oxygens (including phenoxy) is 2. The molecule has 0 spiro atoms. The van der Waals surface area contributed by atoms with Crippen molar-refractivity contribution in [2.24, 2.45) is 0 Å². The second kappa shape index (κ2) is 7.56. The van der Waals surface area contributed by atoms with E-state index >= 15 is 0 Å². The highest BCUT2D eigenvalue weighted by Crippen LogP contribution is 2.33. The van der Waals surface area contributed by atoms with Crippen molar-refractivity contribution >= 4 is 11.6 Å². The summed E-state index contributed by atoms with van der Waals surface area (Å²) >= 11 is 0. The Morgan fingerprint density at radius 3 is 2.46 bits per heavy atom. The molecule has 2 saturated carbocycles. The van der Waals surface area contributed by atoms with Gasteiger partial charge in [-0.25, -0.2) is 0 Å². The molecule has 2 aliphatic carbocycles. The fourth-order valence-corrected chi connectivity index (χ4v) is 3.94. The number of methoxy groups -OCH3 is 1. The Morgan fingerprint density at radius 2 is 1.83 bits per heavy atom. The molecule has 4 heteroatoms.